The number of carbonyl (C=O) groups excluding carboxylic acids is 1. The second-order valence-corrected chi connectivity index (χ2v) is 7.94. The monoisotopic (exact) mass is 351 g/mol. The van der Waals surface area contributed by atoms with Crippen LogP contribution in [0.5, 0.6) is 0 Å². The van der Waals surface area contributed by atoms with Crippen LogP contribution < -0.4 is 5.32 Å². The Hall–Kier alpha value is -2.36. The van der Waals surface area contributed by atoms with Crippen molar-refractivity contribution in [2.24, 2.45) is 17.8 Å². The van der Waals surface area contributed by atoms with Gasteiger partial charge in [0, 0.05) is 5.56 Å². The molecule has 26 heavy (non-hydrogen) atoms. The molecular weight excluding hydrogens is 326 g/mol. The number of benzene rings is 2. The van der Waals surface area contributed by atoms with E-state index in [1.54, 1.807) is 6.07 Å². The molecule has 4 heteroatoms. The van der Waals surface area contributed by atoms with Gasteiger partial charge in [0.15, 0.2) is 0 Å². The standard InChI is InChI=1S/C22H25NO3/c24-21(19-8-7-15-3-1-2-4-16(15)13-19)23-20(22(25)26)10-9-18-12-14-5-6-17(18)11-14/h1-4,7-8,13-14,17-18,20H,5-6,9-12H2,(H,23,24)(H,25,26)/t14-,17+,18?,20?/m1/s1. The topological polar surface area (TPSA) is 66.4 Å². The van der Waals surface area contributed by atoms with Crippen LogP contribution in [0.3, 0.4) is 0 Å². The van der Waals surface area contributed by atoms with Crippen LogP contribution in [0.4, 0.5) is 0 Å². The number of carbonyl (C=O) groups is 2. The van der Waals surface area contributed by atoms with Crippen LogP contribution in [-0.4, -0.2) is 23.0 Å². The van der Waals surface area contributed by atoms with Gasteiger partial charge in [0.1, 0.15) is 6.04 Å². The van der Waals surface area contributed by atoms with Gasteiger partial charge < -0.3 is 10.4 Å². The number of carboxylic acid groups (broad SMARTS) is 1. The molecule has 0 radical (unpaired) electrons. The third kappa shape index (κ3) is 3.46. The van der Waals surface area contributed by atoms with Crippen molar-refractivity contribution in [2.75, 3.05) is 0 Å². The zero-order valence-electron chi connectivity index (χ0n) is 14.9. The van der Waals surface area contributed by atoms with Gasteiger partial charge in [-0.25, -0.2) is 4.79 Å². The minimum absolute atomic E-state index is 0.309. The number of nitrogens with one attached hydrogen (secondary N) is 1. The quantitative estimate of drug-likeness (QED) is 0.818. The Morgan fingerprint density at radius 3 is 2.58 bits per heavy atom. The maximum Gasteiger partial charge on any atom is 0.326 e. The van der Waals surface area contributed by atoms with E-state index in [1.165, 1.54) is 25.7 Å². The fraction of sp³-hybridized carbons (Fsp3) is 0.455. The maximum atomic E-state index is 12.6. The van der Waals surface area contributed by atoms with Crippen LogP contribution in [0.1, 0.15) is 48.9 Å². The Bertz CT molecular complexity index is 831. The summed E-state index contributed by atoms with van der Waals surface area (Å²) < 4.78 is 0. The number of hydrogen-bond donors (Lipinski definition) is 2. The fourth-order valence-corrected chi connectivity index (χ4v) is 4.94. The van der Waals surface area contributed by atoms with Crippen molar-refractivity contribution in [3.05, 3.63) is 48.0 Å². The van der Waals surface area contributed by atoms with E-state index >= 15 is 0 Å². The Labute approximate surface area is 153 Å². The van der Waals surface area contributed by atoms with Crippen molar-refractivity contribution in [1.82, 2.24) is 5.32 Å². The average Bonchev–Trinajstić information content (AvgIpc) is 3.27. The summed E-state index contributed by atoms with van der Waals surface area (Å²) >= 11 is 0. The first-order chi connectivity index (χ1) is 12.6. The van der Waals surface area contributed by atoms with E-state index in [9.17, 15) is 14.7 Å². The van der Waals surface area contributed by atoms with Gasteiger partial charge in [-0.2, -0.15) is 0 Å². The van der Waals surface area contributed by atoms with Crippen LogP contribution >= 0.6 is 0 Å². The lowest BCUT2D eigenvalue weighted by Crippen LogP contribution is -2.41. The SMILES string of the molecule is O=C(NC(CCC1C[C@@H]2CC[C@H]1C2)C(=O)O)c1ccc2ccccc2c1. The van der Waals surface area contributed by atoms with E-state index in [0.717, 1.165) is 29.0 Å². The van der Waals surface area contributed by atoms with Gasteiger partial charge in [-0.1, -0.05) is 36.8 Å². The number of carboxylic acids is 1. The first-order valence-corrected chi connectivity index (χ1v) is 9.62. The van der Waals surface area contributed by atoms with Gasteiger partial charge in [-0.3, -0.25) is 4.79 Å². The second kappa shape index (κ2) is 7.10. The Kier molecular flexibility index (Phi) is 4.66. The van der Waals surface area contributed by atoms with Crippen LogP contribution in [0.2, 0.25) is 0 Å². The molecule has 2 saturated carbocycles. The Morgan fingerprint density at radius 2 is 1.88 bits per heavy atom. The molecule has 0 saturated heterocycles. The molecule has 0 aromatic heterocycles. The summed E-state index contributed by atoms with van der Waals surface area (Å²) in [6.45, 7) is 0. The predicted octanol–water partition coefficient (Wildman–Crippen LogP) is 4.24. The largest absolute Gasteiger partial charge is 0.480 e. The molecule has 2 unspecified atom stereocenters. The first-order valence-electron chi connectivity index (χ1n) is 9.62. The van der Waals surface area contributed by atoms with Gasteiger partial charge in [-0.05, 0) is 72.8 Å². The van der Waals surface area contributed by atoms with Crippen molar-refractivity contribution in [3.63, 3.8) is 0 Å². The highest BCUT2D eigenvalue weighted by molar-refractivity contribution is 6.00. The highest BCUT2D eigenvalue weighted by Crippen LogP contribution is 2.49. The third-order valence-electron chi connectivity index (χ3n) is 6.33. The average molecular weight is 351 g/mol. The second-order valence-electron chi connectivity index (χ2n) is 7.94. The number of rotatable bonds is 6. The molecule has 136 valence electrons. The summed E-state index contributed by atoms with van der Waals surface area (Å²) in [5.41, 5.74) is 0.509. The molecule has 4 rings (SSSR count). The number of hydrogen-bond acceptors (Lipinski definition) is 2. The highest BCUT2D eigenvalue weighted by atomic mass is 16.4. The molecule has 2 N–H and O–H groups in total. The van der Waals surface area contributed by atoms with Gasteiger partial charge in [0.05, 0.1) is 0 Å². The Balaban J connectivity index is 1.40. The van der Waals surface area contributed by atoms with Gasteiger partial charge in [0.25, 0.3) is 5.91 Å². The molecular formula is C22H25NO3. The zero-order valence-corrected chi connectivity index (χ0v) is 14.9. The van der Waals surface area contributed by atoms with Crippen LogP contribution in [0.25, 0.3) is 10.8 Å². The lowest BCUT2D eigenvalue weighted by molar-refractivity contribution is -0.139. The summed E-state index contributed by atoms with van der Waals surface area (Å²) in [6.07, 6.45) is 6.64. The summed E-state index contributed by atoms with van der Waals surface area (Å²) in [7, 11) is 0. The van der Waals surface area contributed by atoms with Crippen molar-refractivity contribution in [3.8, 4) is 0 Å². The predicted molar refractivity (Wildman–Crippen MR) is 101 cm³/mol. The molecule has 2 bridgehead atoms. The van der Waals surface area contributed by atoms with Gasteiger partial charge in [0.2, 0.25) is 0 Å². The van der Waals surface area contributed by atoms with E-state index in [0.29, 0.717) is 17.9 Å². The van der Waals surface area contributed by atoms with Crippen molar-refractivity contribution in [1.29, 1.82) is 0 Å². The van der Waals surface area contributed by atoms with E-state index in [1.807, 2.05) is 36.4 Å². The third-order valence-corrected chi connectivity index (χ3v) is 6.33. The lowest BCUT2D eigenvalue weighted by Gasteiger charge is -2.23. The van der Waals surface area contributed by atoms with Crippen LogP contribution in [-0.2, 0) is 4.79 Å². The molecule has 4 atom stereocenters. The molecule has 2 aliphatic carbocycles. The lowest BCUT2D eigenvalue weighted by atomic mass is 9.84. The Morgan fingerprint density at radius 1 is 1.08 bits per heavy atom. The molecule has 4 nitrogen and oxygen atoms in total. The van der Waals surface area contributed by atoms with E-state index in [4.69, 9.17) is 0 Å². The molecule has 0 aliphatic heterocycles. The smallest absolute Gasteiger partial charge is 0.326 e. The summed E-state index contributed by atoms with van der Waals surface area (Å²) in [5, 5.41) is 14.3. The number of amides is 1. The minimum Gasteiger partial charge on any atom is -0.480 e. The van der Waals surface area contributed by atoms with Crippen LogP contribution in [0, 0.1) is 17.8 Å². The number of aliphatic carboxylic acids is 1. The van der Waals surface area contributed by atoms with Crippen LogP contribution in [0.15, 0.2) is 42.5 Å². The zero-order chi connectivity index (χ0) is 18.1. The summed E-state index contributed by atoms with van der Waals surface area (Å²) in [5.74, 6) is 1.04. The van der Waals surface area contributed by atoms with Gasteiger partial charge in [-0.15, -0.1) is 0 Å². The van der Waals surface area contributed by atoms with Crippen molar-refractivity contribution in [2.45, 2.75) is 44.6 Å². The van der Waals surface area contributed by atoms with Gasteiger partial charge >= 0.3 is 5.97 Å². The molecule has 2 aliphatic rings. The van der Waals surface area contributed by atoms with E-state index in [-0.39, 0.29) is 5.91 Å². The summed E-state index contributed by atoms with van der Waals surface area (Å²) in [6, 6.07) is 12.5. The highest BCUT2D eigenvalue weighted by Gasteiger charge is 2.39. The van der Waals surface area contributed by atoms with Crippen molar-refractivity contribution < 1.29 is 14.7 Å². The minimum atomic E-state index is -0.942. The molecule has 0 heterocycles. The van der Waals surface area contributed by atoms with Crippen molar-refractivity contribution >= 4 is 22.6 Å². The summed E-state index contributed by atoms with van der Waals surface area (Å²) in [4.78, 5) is 24.2. The normalized spacial score (nSPS) is 25.3. The first kappa shape index (κ1) is 17.1. The molecule has 2 fully saturated rings. The number of fused-ring (bicyclic) bond motifs is 3. The van der Waals surface area contributed by atoms with E-state index in [2.05, 4.69) is 5.32 Å². The van der Waals surface area contributed by atoms with E-state index < -0.39 is 12.0 Å². The fourth-order valence-electron chi connectivity index (χ4n) is 4.94. The molecule has 2 aromatic rings. The molecule has 1 amide bonds. The molecule has 0 spiro atoms. The molecule has 2 aromatic carbocycles. The maximum absolute atomic E-state index is 12.6.